The van der Waals surface area contributed by atoms with Crippen LogP contribution in [0.2, 0.25) is 0 Å². The first-order chi connectivity index (χ1) is 4.27. The number of rotatable bonds is 0. The first kappa shape index (κ1) is 5.52. The van der Waals surface area contributed by atoms with Gasteiger partial charge in [-0.25, -0.2) is 0 Å². The zero-order valence-electron chi connectivity index (χ0n) is 6.28. The van der Waals surface area contributed by atoms with E-state index in [1.165, 1.54) is 19.3 Å². The zero-order valence-corrected chi connectivity index (χ0v) is 6.28. The Morgan fingerprint density at radius 2 is 2.11 bits per heavy atom. The number of fused-ring (bicyclic) bond motifs is 1. The lowest BCUT2D eigenvalue weighted by Crippen LogP contribution is -2.01. The molecule has 2 aliphatic carbocycles. The van der Waals surface area contributed by atoms with Gasteiger partial charge in [-0.15, -0.1) is 0 Å². The van der Waals surface area contributed by atoms with Crippen LogP contribution >= 0.6 is 0 Å². The van der Waals surface area contributed by atoms with Gasteiger partial charge in [-0.05, 0) is 38.0 Å². The monoisotopic (exact) mass is 122 g/mol. The molecular formula is C9H14. The SMILES string of the molecule is CC1=C2CC2CC(C)C1. The molecule has 1 fully saturated rings. The zero-order chi connectivity index (χ0) is 6.43. The molecule has 0 aromatic carbocycles. The third kappa shape index (κ3) is 0.810. The standard InChI is InChI=1S/C9H14/c1-6-3-7(2)9-5-8(9)4-6/h6,8H,3-5H2,1-2H3. The van der Waals surface area contributed by atoms with Crippen molar-refractivity contribution in [2.24, 2.45) is 11.8 Å². The van der Waals surface area contributed by atoms with Gasteiger partial charge < -0.3 is 0 Å². The average Bonchev–Trinajstić information content (AvgIpc) is 2.43. The molecule has 1 saturated carbocycles. The van der Waals surface area contributed by atoms with E-state index in [2.05, 4.69) is 13.8 Å². The number of hydrogen-bond acceptors (Lipinski definition) is 0. The van der Waals surface area contributed by atoms with Crippen LogP contribution in [-0.4, -0.2) is 0 Å². The number of allylic oxidation sites excluding steroid dienone is 2. The van der Waals surface area contributed by atoms with Crippen molar-refractivity contribution in [1.82, 2.24) is 0 Å². The highest BCUT2D eigenvalue weighted by Gasteiger charge is 2.36. The van der Waals surface area contributed by atoms with Crippen LogP contribution in [0, 0.1) is 11.8 Å². The van der Waals surface area contributed by atoms with E-state index < -0.39 is 0 Å². The van der Waals surface area contributed by atoms with Gasteiger partial charge in [0.15, 0.2) is 0 Å². The minimum absolute atomic E-state index is 0.973. The van der Waals surface area contributed by atoms with Crippen molar-refractivity contribution in [2.75, 3.05) is 0 Å². The predicted molar refractivity (Wildman–Crippen MR) is 39.2 cm³/mol. The molecule has 0 spiro atoms. The van der Waals surface area contributed by atoms with Crippen LogP contribution in [0.5, 0.6) is 0 Å². The molecule has 2 aliphatic rings. The summed E-state index contributed by atoms with van der Waals surface area (Å²) in [6, 6.07) is 0. The summed E-state index contributed by atoms with van der Waals surface area (Å²) >= 11 is 0. The maximum atomic E-state index is 2.37. The number of hydrogen-bond donors (Lipinski definition) is 0. The van der Waals surface area contributed by atoms with E-state index in [1.54, 1.807) is 11.1 Å². The van der Waals surface area contributed by atoms with E-state index in [-0.39, 0.29) is 0 Å². The summed E-state index contributed by atoms with van der Waals surface area (Å²) in [4.78, 5) is 0. The normalized spacial score (nSPS) is 40.7. The Kier molecular flexibility index (Phi) is 0.992. The summed E-state index contributed by atoms with van der Waals surface area (Å²) in [5.41, 5.74) is 3.51. The molecule has 0 aliphatic heterocycles. The second-order valence-corrected chi connectivity index (χ2v) is 3.75. The molecule has 0 bridgehead atoms. The summed E-state index contributed by atoms with van der Waals surface area (Å²) < 4.78 is 0. The third-order valence-corrected chi connectivity index (χ3v) is 2.69. The first-order valence-corrected chi connectivity index (χ1v) is 3.96. The van der Waals surface area contributed by atoms with Crippen molar-refractivity contribution >= 4 is 0 Å². The van der Waals surface area contributed by atoms with Crippen molar-refractivity contribution < 1.29 is 0 Å². The average molecular weight is 122 g/mol. The van der Waals surface area contributed by atoms with Gasteiger partial charge in [0.05, 0.1) is 0 Å². The highest BCUT2D eigenvalue weighted by atomic mass is 14.4. The maximum absolute atomic E-state index is 2.37. The van der Waals surface area contributed by atoms with Crippen molar-refractivity contribution in [2.45, 2.75) is 33.1 Å². The van der Waals surface area contributed by atoms with E-state index in [9.17, 15) is 0 Å². The predicted octanol–water partition coefficient (Wildman–Crippen LogP) is 2.75. The van der Waals surface area contributed by atoms with Gasteiger partial charge in [-0.2, -0.15) is 0 Å². The fourth-order valence-corrected chi connectivity index (χ4v) is 2.18. The fraction of sp³-hybridized carbons (Fsp3) is 0.778. The summed E-state index contributed by atoms with van der Waals surface area (Å²) in [5, 5.41) is 0. The van der Waals surface area contributed by atoms with Crippen molar-refractivity contribution in [3.05, 3.63) is 11.1 Å². The molecule has 2 atom stereocenters. The topological polar surface area (TPSA) is 0 Å². The molecule has 0 amide bonds. The van der Waals surface area contributed by atoms with Gasteiger partial charge in [0.25, 0.3) is 0 Å². The summed E-state index contributed by atoms with van der Waals surface area (Å²) in [5.74, 6) is 2.01. The Balaban J connectivity index is 2.20. The Bertz CT molecular complexity index is 165. The van der Waals surface area contributed by atoms with E-state index in [1.807, 2.05) is 0 Å². The largest absolute Gasteiger partial charge is 0.0735 e. The molecule has 0 heterocycles. The maximum Gasteiger partial charge on any atom is -0.0160 e. The van der Waals surface area contributed by atoms with Gasteiger partial charge in [0.1, 0.15) is 0 Å². The molecule has 0 heteroatoms. The van der Waals surface area contributed by atoms with Gasteiger partial charge >= 0.3 is 0 Å². The Hall–Kier alpha value is -0.260. The molecule has 2 rings (SSSR count). The Labute approximate surface area is 57.0 Å². The van der Waals surface area contributed by atoms with Crippen LogP contribution in [0.15, 0.2) is 11.1 Å². The van der Waals surface area contributed by atoms with Crippen LogP contribution in [0.25, 0.3) is 0 Å². The van der Waals surface area contributed by atoms with Crippen LogP contribution in [0.4, 0.5) is 0 Å². The molecular weight excluding hydrogens is 108 g/mol. The molecule has 0 aromatic heterocycles. The highest BCUT2D eigenvalue weighted by Crippen LogP contribution is 2.50. The van der Waals surface area contributed by atoms with Gasteiger partial charge in [-0.3, -0.25) is 0 Å². The van der Waals surface area contributed by atoms with E-state index in [0.29, 0.717) is 0 Å². The van der Waals surface area contributed by atoms with Crippen LogP contribution in [0.3, 0.4) is 0 Å². The summed E-state index contributed by atoms with van der Waals surface area (Å²) in [7, 11) is 0. The molecule has 0 nitrogen and oxygen atoms in total. The quantitative estimate of drug-likeness (QED) is 0.433. The molecule has 0 radical (unpaired) electrons. The molecule has 50 valence electrons. The Morgan fingerprint density at radius 3 is 2.78 bits per heavy atom. The molecule has 9 heavy (non-hydrogen) atoms. The van der Waals surface area contributed by atoms with Gasteiger partial charge in [0.2, 0.25) is 0 Å². The minimum atomic E-state index is 0.973. The first-order valence-electron chi connectivity index (χ1n) is 3.96. The lowest BCUT2D eigenvalue weighted by atomic mass is 9.91. The lowest BCUT2D eigenvalue weighted by Gasteiger charge is -2.14. The second-order valence-electron chi connectivity index (χ2n) is 3.75. The lowest BCUT2D eigenvalue weighted by molar-refractivity contribution is 0.483. The van der Waals surface area contributed by atoms with Gasteiger partial charge in [-0.1, -0.05) is 18.1 Å². The van der Waals surface area contributed by atoms with Crippen LogP contribution < -0.4 is 0 Å². The molecule has 2 unspecified atom stereocenters. The summed E-state index contributed by atoms with van der Waals surface area (Å²) in [6.07, 6.45) is 4.30. The Morgan fingerprint density at radius 1 is 1.33 bits per heavy atom. The van der Waals surface area contributed by atoms with Crippen molar-refractivity contribution in [3.8, 4) is 0 Å². The highest BCUT2D eigenvalue weighted by molar-refractivity contribution is 5.31. The fourth-order valence-electron chi connectivity index (χ4n) is 2.18. The summed E-state index contributed by atoms with van der Waals surface area (Å²) in [6.45, 7) is 4.68. The third-order valence-electron chi connectivity index (χ3n) is 2.69. The minimum Gasteiger partial charge on any atom is -0.0735 e. The second kappa shape index (κ2) is 1.62. The van der Waals surface area contributed by atoms with E-state index >= 15 is 0 Å². The van der Waals surface area contributed by atoms with E-state index in [0.717, 1.165) is 11.8 Å². The molecule has 0 aromatic rings. The molecule has 0 saturated heterocycles. The molecule has 0 N–H and O–H groups in total. The van der Waals surface area contributed by atoms with E-state index in [4.69, 9.17) is 0 Å². The smallest absolute Gasteiger partial charge is 0.0160 e. The van der Waals surface area contributed by atoms with Crippen molar-refractivity contribution in [3.63, 3.8) is 0 Å². The van der Waals surface area contributed by atoms with Crippen molar-refractivity contribution in [1.29, 1.82) is 0 Å². The van der Waals surface area contributed by atoms with Crippen LogP contribution in [-0.2, 0) is 0 Å². The van der Waals surface area contributed by atoms with Crippen LogP contribution in [0.1, 0.15) is 33.1 Å². The van der Waals surface area contributed by atoms with Gasteiger partial charge in [0, 0.05) is 0 Å².